The van der Waals surface area contributed by atoms with Crippen LogP contribution in [-0.2, 0) is 21.8 Å². The molecule has 0 amide bonds. The van der Waals surface area contributed by atoms with Gasteiger partial charge < -0.3 is 24.2 Å². The first-order chi connectivity index (χ1) is 41.0. The lowest BCUT2D eigenvalue weighted by Gasteiger charge is -2.27. The van der Waals surface area contributed by atoms with E-state index in [1.807, 2.05) is 137 Å². The van der Waals surface area contributed by atoms with Gasteiger partial charge >= 0.3 is 24.3 Å². The summed E-state index contributed by atoms with van der Waals surface area (Å²) in [6.07, 6.45) is -9.77. The number of ketones is 2. The van der Waals surface area contributed by atoms with Crippen molar-refractivity contribution in [2.45, 2.75) is 52.3 Å². The van der Waals surface area contributed by atoms with E-state index < -0.39 is 51.1 Å². The molecule has 9 aromatic rings. The lowest BCUT2D eigenvalue weighted by molar-refractivity contribution is -0.372. The molecular formula is C68H59BF6O9P2. The van der Waals surface area contributed by atoms with Crippen molar-refractivity contribution in [3.8, 4) is 5.75 Å². The summed E-state index contributed by atoms with van der Waals surface area (Å²) in [6.45, 7) is 7.26. The molecule has 0 saturated heterocycles. The number of carbonyl (C=O) groups excluding carboxylic acids is 4. The van der Waals surface area contributed by atoms with E-state index in [2.05, 4.69) is 77.5 Å². The summed E-state index contributed by atoms with van der Waals surface area (Å²) in [4.78, 5) is 51.9. The molecule has 0 bridgehead atoms. The van der Waals surface area contributed by atoms with Gasteiger partial charge in [0.2, 0.25) is 11.6 Å². The quantitative estimate of drug-likeness (QED) is 0.0270. The summed E-state index contributed by atoms with van der Waals surface area (Å²) in [5, 5.41) is 27.1. The second-order valence-corrected chi connectivity index (χ2v) is 27.0. The highest BCUT2D eigenvalue weighted by Gasteiger charge is 2.49. The molecule has 18 heteroatoms. The monoisotopic (exact) mass is 1210 g/mol. The number of hydrogen-bond donors (Lipinski definition) is 0. The molecule has 0 atom stereocenters. The van der Waals surface area contributed by atoms with Crippen molar-refractivity contribution < 1.29 is 69.7 Å². The van der Waals surface area contributed by atoms with E-state index in [9.17, 15) is 55.6 Å². The number of alkyl halides is 6. The molecule has 440 valence electrons. The maximum Gasteiger partial charge on any atom is 0.416 e. The largest absolute Gasteiger partial charge is 0.860 e. The lowest BCUT2D eigenvalue weighted by atomic mass is 10.1. The molecule has 9 aromatic carbocycles. The van der Waals surface area contributed by atoms with E-state index in [-0.39, 0.29) is 53.9 Å². The van der Waals surface area contributed by atoms with Crippen LogP contribution in [0.3, 0.4) is 0 Å². The van der Waals surface area contributed by atoms with E-state index >= 15 is 0 Å². The normalized spacial score (nSPS) is 11.5. The molecule has 0 N–H and O–H groups in total. The third kappa shape index (κ3) is 16.9. The number of Topliss-reactive ketones (excluding diaryl/α,β-unsaturated/α-hetero) is 2. The van der Waals surface area contributed by atoms with Gasteiger partial charge in [-0.3, -0.25) is 9.59 Å². The van der Waals surface area contributed by atoms with Crippen molar-refractivity contribution in [1.29, 1.82) is 0 Å². The Morgan fingerprint density at radius 1 is 0.384 bits per heavy atom. The first kappa shape index (κ1) is 65.0. The summed E-state index contributed by atoms with van der Waals surface area (Å²) >= 11 is 0. The van der Waals surface area contributed by atoms with Gasteiger partial charge in [-0.2, -0.15) is 26.3 Å². The first-order valence-corrected chi connectivity index (χ1v) is 31.0. The molecule has 9 rings (SSSR count). The predicted octanol–water partition coefficient (Wildman–Crippen LogP) is 11.7. The van der Waals surface area contributed by atoms with E-state index in [1.54, 1.807) is 48.5 Å². The fourth-order valence-electron chi connectivity index (χ4n) is 9.40. The zero-order valence-corrected chi connectivity index (χ0v) is 48.9. The Morgan fingerprint density at radius 2 is 0.616 bits per heavy atom. The van der Waals surface area contributed by atoms with Gasteiger partial charge in [-0.25, -0.2) is 9.59 Å². The van der Waals surface area contributed by atoms with Crippen LogP contribution in [0.1, 0.15) is 80.3 Å². The Hall–Kier alpha value is -8.52. The van der Waals surface area contributed by atoms with Gasteiger partial charge in [0.1, 0.15) is 66.0 Å². The Labute approximate surface area is 497 Å². The molecule has 0 aliphatic carbocycles. The van der Waals surface area contributed by atoms with Gasteiger partial charge in [-0.05, 0) is 143 Å². The minimum Gasteiger partial charge on any atom is -0.860 e. The Balaban J connectivity index is 0.000000194. The van der Waals surface area contributed by atoms with Gasteiger partial charge in [-0.1, -0.05) is 133 Å². The molecule has 0 heterocycles. The highest BCUT2D eigenvalue weighted by Crippen LogP contribution is 2.57. The molecular weight excluding hydrogens is 1150 g/mol. The number of rotatable bonds is 18. The zero-order chi connectivity index (χ0) is 62.1. The van der Waals surface area contributed by atoms with Gasteiger partial charge in [0.05, 0.1) is 40.2 Å². The molecule has 86 heavy (non-hydrogen) atoms. The number of halogens is 6. The summed E-state index contributed by atoms with van der Waals surface area (Å²) in [7, 11) is -7.55. The Bertz CT molecular complexity index is 3210. The number of carbonyl (C=O) groups is 4. The average molecular weight is 1210 g/mol. The highest BCUT2D eigenvalue weighted by molar-refractivity contribution is 7.96. The van der Waals surface area contributed by atoms with E-state index in [0.29, 0.717) is 34.6 Å². The van der Waals surface area contributed by atoms with Crippen molar-refractivity contribution in [2.24, 2.45) is 0 Å². The third-order valence-electron chi connectivity index (χ3n) is 13.3. The first-order valence-electron chi connectivity index (χ1n) is 27.1. The summed E-state index contributed by atoms with van der Waals surface area (Å²) in [5.41, 5.74) is -1.25. The number of ether oxygens (including phenoxy) is 2. The molecule has 0 saturated carbocycles. The topological polar surface area (TPSA) is 142 Å². The molecule has 0 aliphatic rings. The average Bonchev–Trinajstić information content (AvgIpc) is 1.19. The fraction of sp³-hybridized carbons (Fsp3) is 0.147. The second-order valence-electron chi connectivity index (χ2n) is 20.0. The molecule has 0 aromatic heterocycles. The van der Waals surface area contributed by atoms with Gasteiger partial charge in [-0.15, -0.1) is 0 Å². The van der Waals surface area contributed by atoms with Crippen LogP contribution in [0.15, 0.2) is 249 Å². The van der Waals surface area contributed by atoms with Crippen LogP contribution in [-0.4, -0.2) is 55.4 Å². The van der Waals surface area contributed by atoms with Gasteiger partial charge in [0.25, 0.3) is 0 Å². The minimum absolute atomic E-state index is 0.0497. The van der Waals surface area contributed by atoms with Crippen LogP contribution in [0, 0.1) is 0 Å². The molecule has 0 unspecified atom stereocenters. The number of benzene rings is 9. The lowest BCUT2D eigenvalue weighted by Crippen LogP contribution is -2.50. The van der Waals surface area contributed by atoms with Crippen molar-refractivity contribution >= 4 is 77.2 Å². The van der Waals surface area contributed by atoms with Crippen molar-refractivity contribution in [1.82, 2.24) is 0 Å². The van der Waals surface area contributed by atoms with Crippen LogP contribution in [0.2, 0.25) is 0 Å². The summed E-state index contributed by atoms with van der Waals surface area (Å²) in [6, 6.07) is 75.8. The zero-order valence-electron chi connectivity index (χ0n) is 47.2. The minimum atomic E-state index is -5.05. The van der Waals surface area contributed by atoms with Crippen LogP contribution in [0.25, 0.3) is 0 Å². The van der Waals surface area contributed by atoms with Gasteiger partial charge in [0, 0.05) is 11.1 Å². The van der Waals surface area contributed by atoms with Crippen molar-refractivity contribution in [3.05, 3.63) is 282 Å². The summed E-state index contributed by atoms with van der Waals surface area (Å²) < 4.78 is 88.1. The SMILES string of the molecule is CC(C)OC(=O)c1ccc(C(=O)C[P+](c2ccccc2)(c2ccccc2)c2ccccc2)cc1.CC(C)OC(=O)c1ccc(C(=O)C[P+](c2ccccc2)(c2ccccc2)c2ccccc2)cc1.[O-]B([O-])Oc1cc(C(F)(F)F)cc(C(F)(F)F)c1. The standard InChI is InChI=1S/2C30H28O3P.C8H3BF6O3/c2*1-23(2)33-30(32)25-20-18-24(19-21-25)29(31)22-34(26-12-6-3-7-13-26,27-14-8-4-9-15-27)28-16-10-5-11-17-28;10-7(11,12)4-1-5(8(13,14)15)3-6(2-4)18-9(16)17/h2*3-21,23H,22H2,1-2H3;1-3H/q2*+1;-2. The van der Waals surface area contributed by atoms with Crippen molar-refractivity contribution in [3.63, 3.8) is 0 Å². The summed E-state index contributed by atoms with van der Waals surface area (Å²) in [5.74, 6) is -1.74. The number of esters is 2. The predicted molar refractivity (Wildman–Crippen MR) is 326 cm³/mol. The van der Waals surface area contributed by atoms with E-state index in [0.717, 1.165) is 31.8 Å². The molecule has 0 spiro atoms. The molecule has 0 radical (unpaired) electrons. The molecule has 0 aliphatic heterocycles. The number of hydrogen-bond acceptors (Lipinski definition) is 9. The Morgan fingerprint density at radius 3 is 0.826 bits per heavy atom. The van der Waals surface area contributed by atoms with Crippen molar-refractivity contribution in [2.75, 3.05) is 12.3 Å². The maximum absolute atomic E-state index is 13.8. The van der Waals surface area contributed by atoms with Crippen LogP contribution in [0.4, 0.5) is 26.3 Å². The van der Waals surface area contributed by atoms with Gasteiger partial charge in [0.15, 0.2) is 0 Å². The Kier molecular flexibility index (Phi) is 22.3. The van der Waals surface area contributed by atoms with Crippen LogP contribution in [0.5, 0.6) is 5.75 Å². The van der Waals surface area contributed by atoms with Crippen LogP contribution < -0.4 is 46.5 Å². The third-order valence-corrected chi connectivity index (χ3v) is 21.9. The van der Waals surface area contributed by atoms with E-state index in [4.69, 9.17) is 9.47 Å². The van der Waals surface area contributed by atoms with E-state index in [1.165, 1.54) is 0 Å². The highest BCUT2D eigenvalue weighted by atomic mass is 31.2. The molecule has 0 fully saturated rings. The smallest absolute Gasteiger partial charge is 0.416 e. The maximum atomic E-state index is 13.8. The second kappa shape index (κ2) is 29.5. The van der Waals surface area contributed by atoms with Crippen LogP contribution >= 0.6 is 14.5 Å². The molecule has 9 nitrogen and oxygen atoms in total. The fourth-order valence-corrected chi connectivity index (χ4v) is 17.6.